The van der Waals surface area contributed by atoms with Gasteiger partial charge in [-0.2, -0.15) is 5.10 Å². The molecule has 5 rings (SSSR count). The summed E-state index contributed by atoms with van der Waals surface area (Å²) in [5.41, 5.74) is 4.27. The third-order valence-corrected chi connectivity index (χ3v) is 5.10. The average molecular weight is 406 g/mol. The summed E-state index contributed by atoms with van der Waals surface area (Å²) < 4.78 is 11.1. The van der Waals surface area contributed by atoms with Crippen LogP contribution < -0.4 is 0 Å². The van der Waals surface area contributed by atoms with Crippen LogP contribution in [-0.2, 0) is 24.9 Å². The van der Waals surface area contributed by atoms with Gasteiger partial charge in [0.25, 0.3) is 0 Å². The molecule has 0 spiro atoms. The van der Waals surface area contributed by atoms with Crippen LogP contribution in [0.1, 0.15) is 22.9 Å². The van der Waals surface area contributed by atoms with Gasteiger partial charge < -0.3 is 9.30 Å². The van der Waals surface area contributed by atoms with Crippen molar-refractivity contribution in [2.24, 2.45) is 7.05 Å². The molecule has 0 atom stereocenters. The molecule has 0 radical (unpaired) electrons. The zero-order valence-electron chi connectivity index (χ0n) is 15.8. The molecule has 1 aromatic carbocycles. The summed E-state index contributed by atoms with van der Waals surface area (Å²) in [6.45, 7) is 0.871. The van der Waals surface area contributed by atoms with E-state index in [0.717, 1.165) is 34.3 Å². The van der Waals surface area contributed by atoms with Crippen LogP contribution in [0, 0.1) is 11.8 Å². The molecule has 9 heteroatoms. The first-order valence-corrected chi connectivity index (χ1v) is 9.31. The van der Waals surface area contributed by atoms with E-state index in [1.54, 1.807) is 24.3 Å². The number of ether oxygens (including phenoxy) is 1. The summed E-state index contributed by atoms with van der Waals surface area (Å²) >= 11 is 6.28. The largest absolute Gasteiger partial charge is 0.377 e. The number of halogens is 1. The van der Waals surface area contributed by atoms with Crippen molar-refractivity contribution in [2.45, 2.75) is 13.2 Å². The Morgan fingerprint density at radius 2 is 2.10 bits per heavy atom. The van der Waals surface area contributed by atoms with Crippen LogP contribution >= 0.6 is 11.6 Å². The maximum atomic E-state index is 6.28. The van der Waals surface area contributed by atoms with Crippen molar-refractivity contribution in [1.82, 2.24) is 34.1 Å². The number of aryl methyl sites for hydroxylation is 1. The molecule has 3 aromatic heterocycles. The number of fused-ring (bicyclic) bond motifs is 5. The molecule has 1 aliphatic heterocycles. The molecule has 0 fully saturated rings. The third kappa shape index (κ3) is 2.92. The number of rotatable bonds is 2. The molecule has 0 unspecified atom stereocenters. The fourth-order valence-electron chi connectivity index (χ4n) is 3.44. The average Bonchev–Trinajstić information content (AvgIpc) is 3.39. The molecule has 0 bridgehead atoms. The lowest BCUT2D eigenvalue weighted by Gasteiger charge is -2.08. The van der Waals surface area contributed by atoms with Gasteiger partial charge in [-0.25, -0.2) is 4.98 Å². The molecule has 144 valence electrons. The quantitative estimate of drug-likeness (QED) is 0.422. The molecule has 1 aliphatic rings. The first-order valence-electron chi connectivity index (χ1n) is 8.93. The summed E-state index contributed by atoms with van der Waals surface area (Å²) in [4.78, 5) is 4.56. The van der Waals surface area contributed by atoms with E-state index >= 15 is 0 Å². The first kappa shape index (κ1) is 17.7. The summed E-state index contributed by atoms with van der Waals surface area (Å²) in [6, 6.07) is 7.58. The summed E-state index contributed by atoms with van der Waals surface area (Å²) in [5, 5.41) is 13.5. The molecule has 4 aromatic rings. The van der Waals surface area contributed by atoms with Gasteiger partial charge in [-0.15, -0.1) is 10.2 Å². The summed E-state index contributed by atoms with van der Waals surface area (Å²) in [7, 11) is 3.50. The Kier molecular flexibility index (Phi) is 4.19. The van der Waals surface area contributed by atoms with Gasteiger partial charge >= 0.3 is 0 Å². The number of methoxy groups -OCH3 is 1. The number of hydrogen-bond donors (Lipinski definition) is 0. The predicted molar refractivity (Wildman–Crippen MR) is 107 cm³/mol. The summed E-state index contributed by atoms with van der Waals surface area (Å²) in [6.07, 6.45) is 3.50. The van der Waals surface area contributed by atoms with Crippen molar-refractivity contribution in [1.29, 1.82) is 0 Å². The molecule has 0 saturated heterocycles. The maximum Gasteiger partial charge on any atom is 0.166 e. The highest BCUT2D eigenvalue weighted by atomic mass is 35.5. The van der Waals surface area contributed by atoms with Crippen LogP contribution in [0.25, 0.3) is 17.1 Å². The molecule has 4 heterocycles. The van der Waals surface area contributed by atoms with Crippen molar-refractivity contribution in [3.8, 4) is 28.9 Å². The van der Waals surface area contributed by atoms with Crippen LogP contribution in [0.2, 0.25) is 5.02 Å². The Hall–Kier alpha value is -3.41. The smallest absolute Gasteiger partial charge is 0.166 e. The Labute approximate surface area is 171 Å². The lowest BCUT2D eigenvalue weighted by molar-refractivity contribution is 0.174. The van der Waals surface area contributed by atoms with Crippen LogP contribution in [0.5, 0.6) is 0 Å². The number of aromatic nitrogens is 7. The van der Waals surface area contributed by atoms with Gasteiger partial charge in [0.2, 0.25) is 0 Å². The second-order valence-corrected chi connectivity index (χ2v) is 7.06. The van der Waals surface area contributed by atoms with E-state index < -0.39 is 0 Å². The van der Waals surface area contributed by atoms with Crippen LogP contribution in [-0.4, -0.2) is 41.2 Å². The Bertz CT molecular complexity index is 1290. The van der Waals surface area contributed by atoms with E-state index in [-0.39, 0.29) is 0 Å². The van der Waals surface area contributed by atoms with Crippen molar-refractivity contribution in [2.75, 3.05) is 7.11 Å². The van der Waals surface area contributed by atoms with E-state index in [1.807, 2.05) is 40.4 Å². The Balaban J connectivity index is 1.71. The van der Waals surface area contributed by atoms with Gasteiger partial charge in [0.15, 0.2) is 11.6 Å². The van der Waals surface area contributed by atoms with Crippen molar-refractivity contribution >= 4 is 11.6 Å². The molecule has 8 nitrogen and oxygen atoms in total. The molecular formula is C20H16ClN7O. The van der Waals surface area contributed by atoms with E-state index in [4.69, 9.17) is 16.3 Å². The minimum Gasteiger partial charge on any atom is -0.377 e. The highest BCUT2D eigenvalue weighted by Gasteiger charge is 2.25. The monoisotopic (exact) mass is 405 g/mol. The second-order valence-electron chi connectivity index (χ2n) is 6.62. The maximum absolute atomic E-state index is 6.28. The number of benzene rings is 1. The van der Waals surface area contributed by atoms with Gasteiger partial charge in [-0.3, -0.25) is 9.25 Å². The second kappa shape index (κ2) is 6.88. The minimum absolute atomic E-state index is 0.354. The Morgan fingerprint density at radius 3 is 2.90 bits per heavy atom. The van der Waals surface area contributed by atoms with Crippen molar-refractivity contribution in [3.05, 3.63) is 64.7 Å². The number of imidazole rings is 1. The van der Waals surface area contributed by atoms with Gasteiger partial charge in [0.1, 0.15) is 24.3 Å². The lowest BCUT2D eigenvalue weighted by atomic mass is 10.1. The van der Waals surface area contributed by atoms with E-state index in [1.165, 1.54) is 0 Å². The van der Waals surface area contributed by atoms with Gasteiger partial charge in [0.05, 0.1) is 24.1 Å². The molecule has 0 aliphatic carbocycles. The number of hydrogen-bond acceptors (Lipinski definition) is 5. The minimum atomic E-state index is 0.354. The topological polar surface area (TPSA) is 75.6 Å². The van der Waals surface area contributed by atoms with Crippen LogP contribution in [0.3, 0.4) is 0 Å². The molecular weight excluding hydrogens is 390 g/mol. The van der Waals surface area contributed by atoms with Gasteiger partial charge in [-0.05, 0) is 36.1 Å². The van der Waals surface area contributed by atoms with Crippen molar-refractivity contribution in [3.63, 3.8) is 0 Å². The molecule has 0 amide bonds. The molecule has 0 saturated carbocycles. The van der Waals surface area contributed by atoms with Crippen LogP contribution in [0.4, 0.5) is 0 Å². The summed E-state index contributed by atoms with van der Waals surface area (Å²) in [5.74, 6) is 7.80. The first-order chi connectivity index (χ1) is 14.2. The molecule has 29 heavy (non-hydrogen) atoms. The molecule has 0 N–H and O–H groups in total. The predicted octanol–water partition coefficient (Wildman–Crippen LogP) is 2.43. The number of nitrogens with zero attached hydrogens (tertiary/aromatic N) is 7. The highest BCUT2D eigenvalue weighted by Crippen LogP contribution is 2.34. The van der Waals surface area contributed by atoms with Gasteiger partial charge in [0, 0.05) is 24.7 Å². The SMILES string of the molecule is COCc1nnc2n1Cc1c(C#Cc3ccnn3C)ncn1-c1ccc(Cl)cc1-2. The Morgan fingerprint density at radius 1 is 1.21 bits per heavy atom. The highest BCUT2D eigenvalue weighted by molar-refractivity contribution is 6.31. The van der Waals surface area contributed by atoms with E-state index in [9.17, 15) is 0 Å². The fourth-order valence-corrected chi connectivity index (χ4v) is 3.61. The van der Waals surface area contributed by atoms with E-state index in [2.05, 4.69) is 32.1 Å². The van der Waals surface area contributed by atoms with Gasteiger partial charge in [-0.1, -0.05) is 11.6 Å². The standard InChI is InChI=1S/C20H16ClN7O/c1-26-14(7-8-23-26)4-5-16-18-10-27-19(11-29-2)24-25-20(27)15-9-13(21)3-6-17(15)28(18)12-22-16/h3,6-9,12H,10-11H2,1-2H3. The fraction of sp³-hybridized carbons (Fsp3) is 0.200. The van der Waals surface area contributed by atoms with E-state index in [0.29, 0.717) is 23.9 Å². The zero-order valence-corrected chi connectivity index (χ0v) is 16.6. The lowest BCUT2D eigenvalue weighted by Crippen LogP contribution is -2.09. The normalized spacial score (nSPS) is 11.8. The zero-order chi connectivity index (χ0) is 20.0. The third-order valence-electron chi connectivity index (χ3n) is 4.86. The van der Waals surface area contributed by atoms with Crippen molar-refractivity contribution < 1.29 is 4.74 Å². The van der Waals surface area contributed by atoms with Crippen LogP contribution in [0.15, 0.2) is 36.8 Å².